The van der Waals surface area contributed by atoms with E-state index in [0.29, 0.717) is 28.4 Å². The van der Waals surface area contributed by atoms with Gasteiger partial charge in [0.2, 0.25) is 16.8 Å². The van der Waals surface area contributed by atoms with E-state index in [4.69, 9.17) is 9.47 Å². The van der Waals surface area contributed by atoms with Crippen molar-refractivity contribution in [1.82, 2.24) is 0 Å². The highest BCUT2D eigenvalue weighted by Crippen LogP contribution is 2.37. The molecule has 4 rings (SSSR count). The summed E-state index contributed by atoms with van der Waals surface area (Å²) in [5.74, 6) is 0.437. The number of anilines is 2. The normalized spacial score (nSPS) is 12.5. The van der Waals surface area contributed by atoms with Crippen molar-refractivity contribution in [2.24, 2.45) is 0 Å². The van der Waals surface area contributed by atoms with Gasteiger partial charge in [-0.1, -0.05) is 42.5 Å². The molecule has 0 atom stereocenters. The maximum absolute atomic E-state index is 13.0. The number of para-hydroxylation sites is 1. The highest BCUT2D eigenvalue weighted by Gasteiger charge is 2.24. The molecule has 7 nitrogen and oxygen atoms in total. The average Bonchev–Trinajstić information content (AvgIpc) is 3.22. The second-order valence-corrected chi connectivity index (χ2v) is 8.84. The fourth-order valence-electron chi connectivity index (χ4n) is 3.20. The van der Waals surface area contributed by atoms with Crippen molar-refractivity contribution >= 4 is 27.3 Å². The van der Waals surface area contributed by atoms with Crippen molar-refractivity contribution in [2.75, 3.05) is 29.7 Å². The SMILES string of the molecule is CN(c1ccc(-c2ccccc2)cc1NC(=O)c1cccc2c1OCO2)S(C)(=O)=O. The Morgan fingerprint density at radius 2 is 1.73 bits per heavy atom. The van der Waals surface area contributed by atoms with E-state index >= 15 is 0 Å². The minimum Gasteiger partial charge on any atom is -0.454 e. The number of carbonyl (C=O) groups excluding carboxylic acids is 1. The van der Waals surface area contributed by atoms with Crippen LogP contribution in [0.1, 0.15) is 10.4 Å². The van der Waals surface area contributed by atoms with Gasteiger partial charge in [0.05, 0.1) is 23.2 Å². The number of amides is 1. The molecule has 8 heteroatoms. The molecule has 0 saturated heterocycles. The Labute approximate surface area is 174 Å². The summed E-state index contributed by atoms with van der Waals surface area (Å²) in [6.45, 7) is 0.0468. The van der Waals surface area contributed by atoms with Crippen LogP contribution in [0.25, 0.3) is 11.1 Å². The van der Waals surface area contributed by atoms with Gasteiger partial charge >= 0.3 is 0 Å². The van der Waals surface area contributed by atoms with E-state index in [1.54, 1.807) is 30.3 Å². The van der Waals surface area contributed by atoms with Crippen LogP contribution in [0.5, 0.6) is 11.5 Å². The van der Waals surface area contributed by atoms with Crippen molar-refractivity contribution < 1.29 is 22.7 Å². The molecule has 0 spiro atoms. The molecule has 1 aliphatic rings. The lowest BCUT2D eigenvalue weighted by atomic mass is 10.0. The largest absolute Gasteiger partial charge is 0.454 e. The molecule has 0 unspecified atom stereocenters. The third-order valence-corrected chi connectivity index (χ3v) is 6.02. The summed E-state index contributed by atoms with van der Waals surface area (Å²) in [7, 11) is -2.08. The van der Waals surface area contributed by atoms with Gasteiger partial charge in [-0.25, -0.2) is 8.42 Å². The highest BCUT2D eigenvalue weighted by molar-refractivity contribution is 7.92. The number of benzene rings is 3. The zero-order chi connectivity index (χ0) is 21.3. The van der Waals surface area contributed by atoms with Gasteiger partial charge in [0.1, 0.15) is 0 Å². The summed E-state index contributed by atoms with van der Waals surface area (Å²) in [6.07, 6.45) is 1.11. The molecule has 1 heterocycles. The number of fused-ring (bicyclic) bond motifs is 1. The van der Waals surface area contributed by atoms with Crippen LogP contribution in [0.3, 0.4) is 0 Å². The molecule has 3 aromatic carbocycles. The Kier molecular flexibility index (Phi) is 5.09. The first kappa shape index (κ1) is 19.8. The lowest BCUT2D eigenvalue weighted by Gasteiger charge is -2.21. The van der Waals surface area contributed by atoms with Gasteiger partial charge in [-0.15, -0.1) is 0 Å². The summed E-state index contributed by atoms with van der Waals surface area (Å²) >= 11 is 0. The van der Waals surface area contributed by atoms with Gasteiger partial charge in [-0.05, 0) is 35.4 Å². The Bertz CT molecular complexity index is 1210. The Balaban J connectivity index is 1.76. The molecule has 0 aromatic heterocycles. The maximum Gasteiger partial charge on any atom is 0.259 e. The summed E-state index contributed by atoms with van der Waals surface area (Å²) in [5, 5.41) is 2.84. The monoisotopic (exact) mass is 424 g/mol. The fraction of sp³-hybridized carbons (Fsp3) is 0.136. The van der Waals surface area contributed by atoms with Gasteiger partial charge < -0.3 is 14.8 Å². The first-order chi connectivity index (χ1) is 14.3. The number of nitrogens with one attached hydrogen (secondary N) is 1. The van der Waals surface area contributed by atoms with E-state index in [9.17, 15) is 13.2 Å². The average molecular weight is 424 g/mol. The second-order valence-electron chi connectivity index (χ2n) is 6.82. The number of nitrogens with zero attached hydrogens (tertiary/aromatic N) is 1. The Morgan fingerprint density at radius 3 is 2.47 bits per heavy atom. The predicted octanol–water partition coefficient (Wildman–Crippen LogP) is 3.73. The third-order valence-electron chi connectivity index (χ3n) is 4.83. The van der Waals surface area contributed by atoms with Gasteiger partial charge in [0.25, 0.3) is 5.91 Å². The topological polar surface area (TPSA) is 84.9 Å². The van der Waals surface area contributed by atoms with E-state index in [1.165, 1.54) is 7.05 Å². The molecule has 30 heavy (non-hydrogen) atoms. The second kappa shape index (κ2) is 7.72. The molecule has 1 aliphatic heterocycles. The molecular formula is C22H20N2O5S. The number of ether oxygens (including phenoxy) is 2. The molecule has 0 saturated carbocycles. The van der Waals surface area contributed by atoms with Crippen molar-refractivity contribution in [3.05, 3.63) is 72.3 Å². The summed E-state index contributed by atoms with van der Waals surface area (Å²) in [5.41, 5.74) is 2.82. The lowest BCUT2D eigenvalue weighted by molar-refractivity contribution is 0.102. The summed E-state index contributed by atoms with van der Waals surface area (Å²) < 4.78 is 36.1. The third kappa shape index (κ3) is 3.81. The van der Waals surface area contributed by atoms with E-state index in [1.807, 2.05) is 36.4 Å². The highest BCUT2D eigenvalue weighted by atomic mass is 32.2. The number of hydrogen-bond acceptors (Lipinski definition) is 5. The van der Waals surface area contributed by atoms with Gasteiger partial charge in [0, 0.05) is 7.05 Å². The number of carbonyl (C=O) groups is 1. The Morgan fingerprint density at radius 1 is 0.967 bits per heavy atom. The van der Waals surface area contributed by atoms with Crippen LogP contribution in [0, 0.1) is 0 Å². The molecule has 3 aromatic rings. The summed E-state index contributed by atoms with van der Waals surface area (Å²) in [4.78, 5) is 13.0. The number of rotatable bonds is 5. The van der Waals surface area contributed by atoms with E-state index in [0.717, 1.165) is 21.7 Å². The zero-order valence-electron chi connectivity index (χ0n) is 16.5. The molecule has 1 N–H and O–H groups in total. The Hall–Kier alpha value is -3.52. The van der Waals surface area contributed by atoms with Crippen LogP contribution < -0.4 is 19.1 Å². The fourth-order valence-corrected chi connectivity index (χ4v) is 3.71. The van der Waals surface area contributed by atoms with Crippen LogP contribution >= 0.6 is 0 Å². The molecular weight excluding hydrogens is 404 g/mol. The molecule has 0 aliphatic carbocycles. The minimum absolute atomic E-state index is 0.0468. The van der Waals surface area contributed by atoms with E-state index < -0.39 is 15.9 Å². The van der Waals surface area contributed by atoms with Gasteiger partial charge in [0.15, 0.2) is 11.5 Å². The summed E-state index contributed by atoms with van der Waals surface area (Å²) in [6, 6.07) is 19.9. The van der Waals surface area contributed by atoms with Crippen LogP contribution in [-0.4, -0.2) is 34.4 Å². The molecule has 1 amide bonds. The molecule has 154 valence electrons. The smallest absolute Gasteiger partial charge is 0.259 e. The maximum atomic E-state index is 13.0. The van der Waals surface area contributed by atoms with Crippen molar-refractivity contribution in [3.63, 3.8) is 0 Å². The zero-order valence-corrected chi connectivity index (χ0v) is 17.3. The van der Waals surface area contributed by atoms with Crippen molar-refractivity contribution in [3.8, 4) is 22.6 Å². The lowest BCUT2D eigenvalue weighted by Crippen LogP contribution is -2.26. The van der Waals surface area contributed by atoms with E-state index in [2.05, 4.69) is 5.32 Å². The standard InChI is InChI=1S/C22H20N2O5S/c1-24(30(2,26)27)19-12-11-16(15-7-4-3-5-8-15)13-18(19)23-22(25)17-9-6-10-20-21(17)29-14-28-20/h3-13H,14H2,1-2H3,(H,23,25). The van der Waals surface area contributed by atoms with Crippen LogP contribution in [-0.2, 0) is 10.0 Å². The first-order valence-corrected chi connectivity index (χ1v) is 11.0. The molecule has 0 bridgehead atoms. The van der Waals surface area contributed by atoms with Crippen LogP contribution in [0.15, 0.2) is 66.7 Å². The van der Waals surface area contributed by atoms with Gasteiger partial charge in [-0.2, -0.15) is 0 Å². The number of sulfonamides is 1. The van der Waals surface area contributed by atoms with Crippen LogP contribution in [0.2, 0.25) is 0 Å². The van der Waals surface area contributed by atoms with Crippen molar-refractivity contribution in [2.45, 2.75) is 0 Å². The van der Waals surface area contributed by atoms with Gasteiger partial charge in [-0.3, -0.25) is 9.10 Å². The molecule has 0 radical (unpaired) electrons. The predicted molar refractivity (Wildman–Crippen MR) is 116 cm³/mol. The van der Waals surface area contributed by atoms with Crippen molar-refractivity contribution in [1.29, 1.82) is 0 Å². The first-order valence-electron chi connectivity index (χ1n) is 9.18. The quantitative estimate of drug-likeness (QED) is 0.675. The number of hydrogen-bond donors (Lipinski definition) is 1. The minimum atomic E-state index is -3.53. The molecule has 0 fully saturated rings. The van der Waals surface area contributed by atoms with Crippen LogP contribution in [0.4, 0.5) is 11.4 Å². The van der Waals surface area contributed by atoms with E-state index in [-0.39, 0.29) is 6.79 Å².